The molecule has 0 saturated carbocycles. The molecule has 0 aliphatic carbocycles. The van der Waals surface area contributed by atoms with E-state index in [2.05, 4.69) is 32.1 Å². The molecule has 0 aliphatic heterocycles. The topological polar surface area (TPSA) is 96.5 Å². The Kier molecular flexibility index (Phi) is 7.81. The Bertz CT molecular complexity index is 799. The Morgan fingerprint density at radius 2 is 1.74 bits per heavy atom. The van der Waals surface area contributed by atoms with Gasteiger partial charge < -0.3 is 10.1 Å². The van der Waals surface area contributed by atoms with Crippen molar-refractivity contribution >= 4 is 33.7 Å². The Morgan fingerprint density at radius 3 is 2.44 bits per heavy atom. The summed E-state index contributed by atoms with van der Waals surface area (Å²) in [6, 6.07) is 16.2. The van der Waals surface area contributed by atoms with E-state index >= 15 is 0 Å². The summed E-state index contributed by atoms with van der Waals surface area (Å²) in [4.78, 5) is 35.5. The number of rotatable bonds is 7. The van der Waals surface area contributed by atoms with Gasteiger partial charge in [0.15, 0.2) is 6.10 Å². The van der Waals surface area contributed by atoms with E-state index in [4.69, 9.17) is 4.74 Å². The van der Waals surface area contributed by atoms with Crippen molar-refractivity contribution in [1.29, 1.82) is 0 Å². The first-order valence-electron chi connectivity index (χ1n) is 8.25. The minimum Gasteiger partial charge on any atom is -0.481 e. The molecule has 0 heterocycles. The van der Waals surface area contributed by atoms with Gasteiger partial charge in [-0.05, 0) is 30.7 Å². The highest BCUT2D eigenvalue weighted by molar-refractivity contribution is 9.10. The largest absolute Gasteiger partial charge is 0.481 e. The van der Waals surface area contributed by atoms with Gasteiger partial charge in [0.2, 0.25) is 5.91 Å². The molecule has 0 aromatic heterocycles. The standard InChI is InChI=1S/C19H20BrN3O4/c1-13(27-16-9-5-8-15(20)11-16)19(26)23-22-18(25)12-21-17(24)10-14-6-3-2-4-7-14/h2-9,11,13H,10,12H2,1H3,(H,21,24)(H,22,25)(H,23,26)/t13-/m1/s1. The third-order valence-electron chi connectivity index (χ3n) is 3.46. The minimum atomic E-state index is -0.813. The number of hydrogen-bond acceptors (Lipinski definition) is 4. The Hall–Kier alpha value is -2.87. The van der Waals surface area contributed by atoms with Crippen LogP contribution in [0.25, 0.3) is 0 Å². The van der Waals surface area contributed by atoms with E-state index in [1.54, 1.807) is 25.1 Å². The van der Waals surface area contributed by atoms with Gasteiger partial charge in [0, 0.05) is 4.47 Å². The predicted octanol–water partition coefficient (Wildman–Crippen LogP) is 1.72. The van der Waals surface area contributed by atoms with Crippen molar-refractivity contribution in [2.24, 2.45) is 0 Å². The summed E-state index contributed by atoms with van der Waals surface area (Å²) in [5.41, 5.74) is 5.35. The summed E-state index contributed by atoms with van der Waals surface area (Å²) in [6.45, 7) is 1.32. The molecule has 3 N–H and O–H groups in total. The summed E-state index contributed by atoms with van der Waals surface area (Å²) >= 11 is 3.32. The Morgan fingerprint density at radius 1 is 1.00 bits per heavy atom. The molecular formula is C19H20BrN3O4. The van der Waals surface area contributed by atoms with Crippen molar-refractivity contribution in [3.05, 3.63) is 64.6 Å². The summed E-state index contributed by atoms with van der Waals surface area (Å²) in [5, 5.41) is 2.49. The molecule has 0 saturated heterocycles. The van der Waals surface area contributed by atoms with Crippen LogP contribution in [-0.2, 0) is 20.8 Å². The molecular weight excluding hydrogens is 414 g/mol. The quantitative estimate of drug-likeness (QED) is 0.579. The molecule has 0 fully saturated rings. The number of hydrazine groups is 1. The number of carbonyl (C=O) groups is 3. The van der Waals surface area contributed by atoms with Crippen LogP contribution in [0, 0.1) is 0 Å². The summed E-state index contributed by atoms with van der Waals surface area (Å²) in [5.74, 6) is -0.820. The Labute approximate surface area is 165 Å². The van der Waals surface area contributed by atoms with E-state index in [0.29, 0.717) is 5.75 Å². The van der Waals surface area contributed by atoms with Crippen molar-refractivity contribution < 1.29 is 19.1 Å². The van der Waals surface area contributed by atoms with Gasteiger partial charge in [-0.15, -0.1) is 0 Å². The van der Waals surface area contributed by atoms with E-state index in [1.807, 2.05) is 36.4 Å². The highest BCUT2D eigenvalue weighted by atomic mass is 79.9. The summed E-state index contributed by atoms with van der Waals surface area (Å²) < 4.78 is 6.32. The van der Waals surface area contributed by atoms with Crippen LogP contribution in [0.1, 0.15) is 12.5 Å². The van der Waals surface area contributed by atoms with Crippen molar-refractivity contribution in [2.75, 3.05) is 6.54 Å². The number of ether oxygens (including phenoxy) is 1. The average molecular weight is 434 g/mol. The number of halogens is 1. The number of benzene rings is 2. The van der Waals surface area contributed by atoms with Crippen LogP contribution < -0.4 is 20.9 Å². The van der Waals surface area contributed by atoms with Gasteiger partial charge in [-0.3, -0.25) is 25.2 Å². The van der Waals surface area contributed by atoms with Crippen LogP contribution in [0.2, 0.25) is 0 Å². The first-order chi connectivity index (χ1) is 12.9. The second kappa shape index (κ2) is 10.3. The van der Waals surface area contributed by atoms with Gasteiger partial charge in [-0.2, -0.15) is 0 Å². The number of hydrogen-bond donors (Lipinski definition) is 3. The van der Waals surface area contributed by atoms with Gasteiger partial charge >= 0.3 is 0 Å². The molecule has 142 valence electrons. The normalized spacial score (nSPS) is 11.2. The van der Waals surface area contributed by atoms with Gasteiger partial charge in [-0.25, -0.2) is 0 Å². The molecule has 7 nitrogen and oxygen atoms in total. The second-order valence-electron chi connectivity index (χ2n) is 5.69. The van der Waals surface area contributed by atoms with Crippen molar-refractivity contribution in [2.45, 2.75) is 19.4 Å². The molecule has 0 aliphatic rings. The van der Waals surface area contributed by atoms with Crippen LogP contribution in [0.3, 0.4) is 0 Å². The highest BCUT2D eigenvalue weighted by Gasteiger charge is 2.15. The zero-order valence-corrected chi connectivity index (χ0v) is 16.3. The lowest BCUT2D eigenvalue weighted by Gasteiger charge is -2.15. The lowest BCUT2D eigenvalue weighted by atomic mass is 10.1. The summed E-state index contributed by atoms with van der Waals surface area (Å²) in [7, 11) is 0. The number of nitrogens with one attached hydrogen (secondary N) is 3. The average Bonchev–Trinajstić information content (AvgIpc) is 2.65. The number of amides is 3. The molecule has 0 unspecified atom stereocenters. The molecule has 0 radical (unpaired) electrons. The molecule has 8 heteroatoms. The maximum absolute atomic E-state index is 12.0. The zero-order valence-electron chi connectivity index (χ0n) is 14.7. The lowest BCUT2D eigenvalue weighted by molar-refractivity contribution is -0.132. The zero-order chi connectivity index (χ0) is 19.6. The third-order valence-corrected chi connectivity index (χ3v) is 3.95. The fraction of sp³-hybridized carbons (Fsp3) is 0.211. The van der Waals surface area contributed by atoms with Crippen LogP contribution in [0.4, 0.5) is 0 Å². The highest BCUT2D eigenvalue weighted by Crippen LogP contribution is 2.18. The van der Waals surface area contributed by atoms with Gasteiger partial charge in [0.25, 0.3) is 11.8 Å². The first-order valence-corrected chi connectivity index (χ1v) is 9.05. The fourth-order valence-electron chi connectivity index (χ4n) is 2.10. The monoisotopic (exact) mass is 433 g/mol. The van der Waals surface area contributed by atoms with E-state index in [9.17, 15) is 14.4 Å². The van der Waals surface area contributed by atoms with E-state index in [-0.39, 0.29) is 18.9 Å². The minimum absolute atomic E-state index is 0.179. The SMILES string of the molecule is C[C@@H](Oc1cccc(Br)c1)C(=O)NNC(=O)CNC(=O)Cc1ccccc1. The molecule has 1 atom stereocenters. The van der Waals surface area contributed by atoms with Crippen LogP contribution in [0.5, 0.6) is 5.75 Å². The van der Waals surface area contributed by atoms with E-state index in [1.165, 1.54) is 0 Å². The van der Waals surface area contributed by atoms with Crippen molar-refractivity contribution in [3.63, 3.8) is 0 Å². The van der Waals surface area contributed by atoms with E-state index in [0.717, 1.165) is 10.0 Å². The lowest BCUT2D eigenvalue weighted by Crippen LogP contribution is -2.50. The first kappa shape index (κ1) is 20.4. The van der Waals surface area contributed by atoms with Crippen LogP contribution >= 0.6 is 15.9 Å². The smallest absolute Gasteiger partial charge is 0.279 e. The van der Waals surface area contributed by atoms with Crippen molar-refractivity contribution in [1.82, 2.24) is 16.2 Å². The summed E-state index contributed by atoms with van der Waals surface area (Å²) in [6.07, 6.45) is -0.634. The molecule has 2 aromatic carbocycles. The molecule has 3 amide bonds. The molecule has 2 rings (SSSR count). The third kappa shape index (κ3) is 7.49. The van der Waals surface area contributed by atoms with Crippen LogP contribution in [-0.4, -0.2) is 30.4 Å². The van der Waals surface area contributed by atoms with Crippen molar-refractivity contribution in [3.8, 4) is 5.75 Å². The number of carbonyl (C=O) groups excluding carboxylic acids is 3. The predicted molar refractivity (Wildman–Crippen MR) is 104 cm³/mol. The molecule has 0 bridgehead atoms. The van der Waals surface area contributed by atoms with E-state index < -0.39 is 17.9 Å². The maximum atomic E-state index is 12.0. The second-order valence-corrected chi connectivity index (χ2v) is 6.61. The van der Waals surface area contributed by atoms with Gasteiger partial charge in [-0.1, -0.05) is 52.3 Å². The van der Waals surface area contributed by atoms with Gasteiger partial charge in [0.05, 0.1) is 13.0 Å². The molecule has 2 aromatic rings. The molecule has 27 heavy (non-hydrogen) atoms. The van der Waals surface area contributed by atoms with Crippen LogP contribution in [0.15, 0.2) is 59.1 Å². The van der Waals surface area contributed by atoms with Gasteiger partial charge in [0.1, 0.15) is 5.75 Å². The maximum Gasteiger partial charge on any atom is 0.279 e. The Balaban J connectivity index is 1.68. The fourth-order valence-corrected chi connectivity index (χ4v) is 2.48. The molecule has 0 spiro atoms.